The van der Waals surface area contributed by atoms with Crippen molar-refractivity contribution in [2.75, 3.05) is 32.8 Å². The van der Waals surface area contributed by atoms with E-state index in [9.17, 15) is 14.3 Å². The van der Waals surface area contributed by atoms with Crippen LogP contribution >= 0.6 is 0 Å². The Morgan fingerprint density at radius 2 is 1.97 bits per heavy atom. The van der Waals surface area contributed by atoms with E-state index < -0.39 is 35.1 Å². The molecule has 1 aromatic carbocycles. The normalized spacial score (nSPS) is 27.4. The zero-order valence-corrected chi connectivity index (χ0v) is 20.1. The minimum Gasteiger partial charge on any atom is -0.384 e. The van der Waals surface area contributed by atoms with Crippen molar-refractivity contribution in [1.82, 2.24) is 20.2 Å². The van der Waals surface area contributed by atoms with Crippen molar-refractivity contribution in [1.29, 1.82) is 0 Å². The van der Waals surface area contributed by atoms with E-state index in [1.807, 2.05) is 13.8 Å². The lowest BCUT2D eigenvalue weighted by molar-refractivity contribution is -0.153. The first kappa shape index (κ1) is 23.8. The number of hydrogen-bond donors (Lipinski definition) is 3. The van der Waals surface area contributed by atoms with Gasteiger partial charge in [0.25, 0.3) is 0 Å². The van der Waals surface area contributed by atoms with Crippen LogP contribution in [0.1, 0.15) is 25.0 Å². The average Bonchev–Trinajstić information content (AvgIpc) is 3.23. The number of nitrogens with zero attached hydrogens (tertiary/aromatic N) is 2. The quantitative estimate of drug-likeness (QED) is 0.532. The van der Waals surface area contributed by atoms with E-state index in [0.29, 0.717) is 60.6 Å². The number of aromatic amines is 1. The van der Waals surface area contributed by atoms with Crippen molar-refractivity contribution in [2.45, 2.75) is 32.4 Å². The highest BCUT2D eigenvalue weighted by Crippen LogP contribution is 2.45. The molecule has 0 spiro atoms. The number of H-pyrrole nitrogens is 1. The molecule has 2 fully saturated rings. The van der Waals surface area contributed by atoms with Gasteiger partial charge in [-0.25, -0.2) is 13.8 Å². The highest BCUT2D eigenvalue weighted by molar-refractivity contribution is 5.93. The summed E-state index contributed by atoms with van der Waals surface area (Å²) in [5, 5.41) is 15.4. The molecule has 2 aliphatic heterocycles. The van der Waals surface area contributed by atoms with Crippen LogP contribution in [0.4, 0.5) is 8.78 Å². The van der Waals surface area contributed by atoms with E-state index in [-0.39, 0.29) is 11.5 Å². The Bertz CT molecular complexity index is 1240. The molecule has 0 radical (unpaired) electrons. The van der Waals surface area contributed by atoms with E-state index in [0.717, 1.165) is 0 Å². The Morgan fingerprint density at radius 3 is 2.63 bits per heavy atom. The highest BCUT2D eigenvalue weighted by Gasteiger charge is 2.49. The molecular weight excluding hydrogens is 454 g/mol. The number of nitrogens with one attached hydrogen (secondary N) is 2. The van der Waals surface area contributed by atoms with E-state index in [2.05, 4.69) is 15.3 Å². The largest absolute Gasteiger partial charge is 0.384 e. The lowest BCUT2D eigenvalue weighted by Gasteiger charge is -2.49. The number of aliphatic hydroxyl groups is 1. The van der Waals surface area contributed by atoms with Gasteiger partial charge in [-0.3, -0.25) is 4.79 Å². The monoisotopic (exact) mass is 484 g/mol. The lowest BCUT2D eigenvalue weighted by atomic mass is 9.69. The third-order valence-corrected chi connectivity index (χ3v) is 7.55. The molecule has 3 aromatic rings. The number of pyridine rings is 1. The van der Waals surface area contributed by atoms with E-state index in [1.54, 1.807) is 30.2 Å². The van der Waals surface area contributed by atoms with Crippen molar-refractivity contribution in [2.24, 2.45) is 11.8 Å². The number of piperidine rings is 1. The van der Waals surface area contributed by atoms with Gasteiger partial charge in [-0.2, -0.15) is 0 Å². The minimum absolute atomic E-state index is 0.0618. The molecule has 35 heavy (non-hydrogen) atoms. The number of benzene rings is 1. The van der Waals surface area contributed by atoms with Crippen LogP contribution < -0.4 is 5.32 Å². The molecule has 2 aromatic heterocycles. The van der Waals surface area contributed by atoms with Crippen LogP contribution in [0.5, 0.6) is 0 Å². The molecule has 2 saturated heterocycles. The van der Waals surface area contributed by atoms with Crippen LogP contribution in [0.15, 0.2) is 30.6 Å². The van der Waals surface area contributed by atoms with E-state index >= 15 is 4.39 Å². The van der Waals surface area contributed by atoms with Gasteiger partial charge >= 0.3 is 0 Å². The van der Waals surface area contributed by atoms with Crippen molar-refractivity contribution in [3.05, 3.63) is 53.4 Å². The van der Waals surface area contributed by atoms with Crippen LogP contribution in [0.3, 0.4) is 0 Å². The molecule has 0 bridgehead atoms. The maximum Gasteiger partial charge on any atom is 0.242 e. The second-order valence-corrected chi connectivity index (χ2v) is 9.82. The average molecular weight is 485 g/mol. The number of aromatic nitrogens is 2. The summed E-state index contributed by atoms with van der Waals surface area (Å²) in [6.45, 7) is 7.56. The topological polar surface area (TPSA) is 90.5 Å². The minimum atomic E-state index is -1.47. The maximum absolute atomic E-state index is 15.8. The Morgan fingerprint density at radius 1 is 1.23 bits per heavy atom. The Hall–Kier alpha value is -2.88. The summed E-state index contributed by atoms with van der Waals surface area (Å²) in [5.41, 5.74) is 0.759. The highest BCUT2D eigenvalue weighted by atomic mass is 19.1. The summed E-state index contributed by atoms with van der Waals surface area (Å²) in [4.78, 5) is 21.7. The first-order chi connectivity index (χ1) is 16.7. The fourth-order valence-corrected chi connectivity index (χ4v) is 5.78. The Kier molecular flexibility index (Phi) is 6.11. The second-order valence-electron chi connectivity index (χ2n) is 9.82. The molecule has 5 rings (SSSR count). The van der Waals surface area contributed by atoms with Gasteiger partial charge in [0.2, 0.25) is 5.91 Å². The molecule has 3 N–H and O–H groups in total. The SMILES string of the molecule is Cc1cc(-c2ccnc3[nH]cc(F)c23)cc(F)c1C1(O)[C@H](C)CN(C(=O)[C@@H]2COCCN2)C[C@@H]1C. The van der Waals surface area contributed by atoms with Crippen LogP contribution in [-0.4, -0.2) is 64.8 Å². The summed E-state index contributed by atoms with van der Waals surface area (Å²) >= 11 is 0. The fourth-order valence-electron chi connectivity index (χ4n) is 5.78. The number of amides is 1. The Balaban J connectivity index is 1.47. The molecule has 4 atom stereocenters. The van der Waals surface area contributed by atoms with Crippen LogP contribution in [0, 0.1) is 30.4 Å². The van der Waals surface area contributed by atoms with Crippen molar-refractivity contribution in [3.8, 4) is 11.1 Å². The Labute approximate surface area is 202 Å². The predicted molar refractivity (Wildman–Crippen MR) is 128 cm³/mol. The summed E-state index contributed by atoms with van der Waals surface area (Å²) in [7, 11) is 0. The lowest BCUT2D eigenvalue weighted by Crippen LogP contribution is -2.60. The number of carbonyl (C=O) groups is 1. The number of fused-ring (bicyclic) bond motifs is 1. The second kappa shape index (κ2) is 8.96. The number of halogens is 2. The molecule has 0 aliphatic carbocycles. The predicted octanol–water partition coefficient (Wildman–Crippen LogP) is 3.11. The first-order valence-electron chi connectivity index (χ1n) is 12.0. The fraction of sp³-hybridized carbons (Fsp3) is 0.462. The molecule has 9 heteroatoms. The van der Waals surface area contributed by atoms with Gasteiger partial charge in [0.15, 0.2) is 5.82 Å². The number of hydrogen-bond acceptors (Lipinski definition) is 5. The van der Waals surface area contributed by atoms with Crippen molar-refractivity contribution >= 4 is 16.9 Å². The van der Waals surface area contributed by atoms with E-state index in [4.69, 9.17) is 4.74 Å². The number of rotatable bonds is 3. The standard InChI is InChI=1S/C26H30F2N4O3/c1-14-8-17(18-4-5-30-24-22(18)20(28)10-31-24)9-19(27)23(14)26(34)15(2)11-32(12-16(26)3)25(33)21-13-35-7-6-29-21/h4-5,8-10,15-16,21,29,34H,6-7,11-13H2,1-3H3,(H,30,31)/t15-,16+,21-,26?/m0/s1. The molecule has 1 unspecified atom stereocenters. The van der Waals surface area contributed by atoms with Gasteiger partial charge in [-0.05, 0) is 35.7 Å². The first-order valence-corrected chi connectivity index (χ1v) is 12.0. The van der Waals surface area contributed by atoms with Gasteiger partial charge in [-0.15, -0.1) is 0 Å². The summed E-state index contributed by atoms with van der Waals surface area (Å²) in [6.07, 6.45) is 2.78. The molecule has 2 aliphatic rings. The molecule has 4 heterocycles. The van der Waals surface area contributed by atoms with Gasteiger partial charge in [-0.1, -0.05) is 19.9 Å². The number of carbonyl (C=O) groups excluding carboxylic acids is 1. The van der Waals surface area contributed by atoms with Crippen LogP contribution in [-0.2, 0) is 15.1 Å². The van der Waals surface area contributed by atoms with Crippen molar-refractivity contribution < 1.29 is 23.4 Å². The molecular formula is C26H30F2N4O3. The van der Waals surface area contributed by atoms with Gasteiger partial charge in [0.1, 0.15) is 23.1 Å². The maximum atomic E-state index is 15.8. The zero-order valence-electron chi connectivity index (χ0n) is 20.1. The van der Waals surface area contributed by atoms with Gasteiger partial charge in [0, 0.05) is 49.4 Å². The zero-order chi connectivity index (χ0) is 24.9. The third kappa shape index (κ3) is 3.91. The van der Waals surface area contributed by atoms with Gasteiger partial charge < -0.3 is 25.0 Å². The number of likely N-dealkylation sites (tertiary alicyclic amines) is 1. The number of ether oxygens (including phenoxy) is 1. The molecule has 1 amide bonds. The van der Waals surface area contributed by atoms with Crippen molar-refractivity contribution in [3.63, 3.8) is 0 Å². The summed E-state index contributed by atoms with van der Waals surface area (Å²) < 4.78 is 35.6. The molecule has 7 nitrogen and oxygen atoms in total. The summed E-state index contributed by atoms with van der Waals surface area (Å²) in [6, 6.07) is 4.37. The summed E-state index contributed by atoms with van der Waals surface area (Å²) in [5.74, 6) is -1.89. The molecule has 0 saturated carbocycles. The molecule has 186 valence electrons. The smallest absolute Gasteiger partial charge is 0.242 e. The number of morpholine rings is 1. The number of aryl methyl sites for hydroxylation is 1. The van der Waals surface area contributed by atoms with Crippen LogP contribution in [0.25, 0.3) is 22.2 Å². The van der Waals surface area contributed by atoms with Gasteiger partial charge in [0.05, 0.1) is 18.6 Å². The third-order valence-electron chi connectivity index (χ3n) is 7.55. The van der Waals surface area contributed by atoms with E-state index in [1.165, 1.54) is 12.3 Å². The van der Waals surface area contributed by atoms with Crippen LogP contribution in [0.2, 0.25) is 0 Å².